The lowest BCUT2D eigenvalue weighted by molar-refractivity contribution is -0.119. The number of hydrogen-bond donors (Lipinski definition) is 1. The molecule has 1 atom stereocenters. The second-order valence-corrected chi connectivity index (χ2v) is 5.99. The Bertz CT molecular complexity index is 885. The summed E-state index contributed by atoms with van der Waals surface area (Å²) in [6.07, 6.45) is 0. The zero-order valence-electron chi connectivity index (χ0n) is 14.9. The third-order valence-electron chi connectivity index (χ3n) is 4.26. The fourth-order valence-corrected chi connectivity index (χ4v) is 2.83. The van der Waals surface area contributed by atoms with Crippen molar-refractivity contribution in [3.63, 3.8) is 0 Å². The largest absolute Gasteiger partial charge is 0.462 e. The van der Waals surface area contributed by atoms with E-state index in [1.54, 1.807) is 43.3 Å². The van der Waals surface area contributed by atoms with Gasteiger partial charge in [0.15, 0.2) is 0 Å². The Labute approximate surface area is 155 Å². The van der Waals surface area contributed by atoms with E-state index >= 15 is 0 Å². The van der Waals surface area contributed by atoms with Gasteiger partial charge in [-0.3, -0.25) is 19.3 Å². The van der Waals surface area contributed by atoms with Gasteiger partial charge in [0.1, 0.15) is 6.04 Å². The van der Waals surface area contributed by atoms with Crippen LogP contribution in [0.15, 0.2) is 48.5 Å². The Morgan fingerprint density at radius 3 is 2.07 bits per heavy atom. The van der Waals surface area contributed by atoms with Crippen molar-refractivity contribution in [2.24, 2.45) is 0 Å². The zero-order chi connectivity index (χ0) is 19.6. The maximum absolute atomic E-state index is 12.5. The predicted octanol–water partition coefficient (Wildman–Crippen LogP) is 2.49. The number of nitrogens with zero attached hydrogens (tertiary/aromatic N) is 1. The number of esters is 1. The first-order chi connectivity index (χ1) is 12.9. The highest BCUT2D eigenvalue weighted by Gasteiger charge is 2.40. The van der Waals surface area contributed by atoms with Crippen LogP contribution >= 0.6 is 0 Å². The number of nitrogens with one attached hydrogen (secondary N) is 1. The van der Waals surface area contributed by atoms with Gasteiger partial charge in [0, 0.05) is 5.69 Å². The van der Waals surface area contributed by atoms with E-state index in [2.05, 4.69) is 5.32 Å². The van der Waals surface area contributed by atoms with E-state index in [1.807, 2.05) is 0 Å². The summed E-state index contributed by atoms with van der Waals surface area (Å²) in [6.45, 7) is 3.48. The molecule has 0 unspecified atom stereocenters. The molecule has 7 heteroatoms. The molecule has 0 radical (unpaired) electrons. The lowest BCUT2D eigenvalue weighted by Crippen LogP contribution is -2.45. The molecule has 138 valence electrons. The maximum Gasteiger partial charge on any atom is 0.338 e. The molecule has 0 saturated carbocycles. The Morgan fingerprint density at radius 2 is 1.56 bits per heavy atom. The second kappa shape index (κ2) is 7.41. The van der Waals surface area contributed by atoms with Gasteiger partial charge in [-0.15, -0.1) is 0 Å². The molecule has 7 nitrogen and oxygen atoms in total. The molecule has 0 aliphatic carbocycles. The van der Waals surface area contributed by atoms with E-state index in [9.17, 15) is 19.2 Å². The predicted molar refractivity (Wildman–Crippen MR) is 97.4 cm³/mol. The van der Waals surface area contributed by atoms with Crippen LogP contribution in [0.1, 0.15) is 44.9 Å². The number of anilines is 1. The van der Waals surface area contributed by atoms with Gasteiger partial charge in [-0.05, 0) is 50.2 Å². The molecule has 0 saturated heterocycles. The SMILES string of the molecule is CCOC(=O)c1ccc(NC(=O)[C@H](C)N2C(=O)c3ccccc3C2=O)cc1. The molecule has 0 fully saturated rings. The molecule has 1 heterocycles. The van der Waals surface area contributed by atoms with Crippen molar-refractivity contribution in [1.82, 2.24) is 4.90 Å². The van der Waals surface area contributed by atoms with Gasteiger partial charge >= 0.3 is 5.97 Å². The normalized spacial score (nSPS) is 13.9. The van der Waals surface area contributed by atoms with E-state index in [-0.39, 0.29) is 6.61 Å². The quantitative estimate of drug-likeness (QED) is 0.648. The number of ether oxygens (including phenoxy) is 1. The van der Waals surface area contributed by atoms with Crippen molar-refractivity contribution < 1.29 is 23.9 Å². The van der Waals surface area contributed by atoms with E-state index in [0.29, 0.717) is 22.4 Å². The molecular weight excluding hydrogens is 348 g/mol. The number of carbonyl (C=O) groups excluding carboxylic acids is 4. The highest BCUT2D eigenvalue weighted by Crippen LogP contribution is 2.25. The molecule has 3 rings (SSSR count). The van der Waals surface area contributed by atoms with E-state index in [4.69, 9.17) is 4.74 Å². The molecule has 27 heavy (non-hydrogen) atoms. The summed E-state index contributed by atoms with van der Waals surface area (Å²) in [5.41, 5.74) is 1.39. The monoisotopic (exact) mass is 366 g/mol. The van der Waals surface area contributed by atoms with Gasteiger partial charge in [0.2, 0.25) is 5.91 Å². The van der Waals surface area contributed by atoms with E-state index in [0.717, 1.165) is 4.90 Å². The number of hydrogen-bond acceptors (Lipinski definition) is 5. The van der Waals surface area contributed by atoms with Gasteiger partial charge < -0.3 is 10.1 Å². The number of rotatable bonds is 5. The van der Waals surface area contributed by atoms with Crippen molar-refractivity contribution in [1.29, 1.82) is 0 Å². The number of fused-ring (bicyclic) bond motifs is 1. The first-order valence-corrected chi connectivity index (χ1v) is 8.49. The van der Waals surface area contributed by atoms with Gasteiger partial charge in [0.25, 0.3) is 11.8 Å². The fraction of sp³-hybridized carbons (Fsp3) is 0.200. The highest BCUT2D eigenvalue weighted by atomic mass is 16.5. The van der Waals surface area contributed by atoms with Crippen LogP contribution in [0.2, 0.25) is 0 Å². The van der Waals surface area contributed by atoms with Crippen LogP contribution in [0, 0.1) is 0 Å². The lowest BCUT2D eigenvalue weighted by Gasteiger charge is -2.21. The summed E-state index contributed by atoms with van der Waals surface area (Å²) in [5.74, 6) is -1.94. The van der Waals surface area contributed by atoms with Crippen LogP contribution in [0.25, 0.3) is 0 Å². The van der Waals surface area contributed by atoms with Crippen LogP contribution in [-0.2, 0) is 9.53 Å². The number of imide groups is 1. The first kappa shape index (κ1) is 18.3. The minimum absolute atomic E-state index is 0.273. The van der Waals surface area contributed by atoms with Crippen LogP contribution in [0.3, 0.4) is 0 Å². The number of amides is 3. The van der Waals surface area contributed by atoms with Crippen LogP contribution < -0.4 is 5.32 Å². The van der Waals surface area contributed by atoms with Gasteiger partial charge in [-0.2, -0.15) is 0 Å². The number of carbonyl (C=O) groups is 4. The Balaban J connectivity index is 1.71. The van der Waals surface area contributed by atoms with Crippen molar-refractivity contribution in [2.45, 2.75) is 19.9 Å². The van der Waals surface area contributed by atoms with E-state index < -0.39 is 29.7 Å². The fourth-order valence-electron chi connectivity index (χ4n) is 2.83. The Morgan fingerprint density at radius 1 is 1.00 bits per heavy atom. The van der Waals surface area contributed by atoms with Crippen LogP contribution in [0.4, 0.5) is 5.69 Å². The molecule has 3 amide bonds. The average molecular weight is 366 g/mol. The molecule has 0 aromatic heterocycles. The molecule has 1 N–H and O–H groups in total. The van der Waals surface area contributed by atoms with Crippen molar-refractivity contribution in [2.75, 3.05) is 11.9 Å². The molecular formula is C20H18N2O5. The molecule has 0 bridgehead atoms. The smallest absolute Gasteiger partial charge is 0.338 e. The second-order valence-electron chi connectivity index (χ2n) is 5.99. The molecule has 1 aliphatic heterocycles. The van der Waals surface area contributed by atoms with Crippen molar-refractivity contribution in [3.8, 4) is 0 Å². The Kier molecular flexibility index (Phi) is 5.03. The molecule has 2 aromatic carbocycles. The van der Waals surface area contributed by atoms with Crippen molar-refractivity contribution in [3.05, 3.63) is 65.2 Å². The molecule has 0 spiro atoms. The topological polar surface area (TPSA) is 92.8 Å². The van der Waals surface area contributed by atoms with Crippen LogP contribution in [-0.4, -0.2) is 41.2 Å². The van der Waals surface area contributed by atoms with Gasteiger partial charge in [-0.25, -0.2) is 4.79 Å². The minimum Gasteiger partial charge on any atom is -0.462 e. The summed E-state index contributed by atoms with van der Waals surface area (Å²) in [5, 5.41) is 2.65. The van der Waals surface area contributed by atoms with Gasteiger partial charge in [0.05, 0.1) is 23.3 Å². The lowest BCUT2D eigenvalue weighted by atomic mass is 10.1. The summed E-state index contributed by atoms with van der Waals surface area (Å²) >= 11 is 0. The maximum atomic E-state index is 12.5. The summed E-state index contributed by atoms with van der Waals surface area (Å²) in [4.78, 5) is 50.0. The minimum atomic E-state index is -0.984. The summed E-state index contributed by atoms with van der Waals surface area (Å²) in [7, 11) is 0. The zero-order valence-corrected chi connectivity index (χ0v) is 14.9. The average Bonchev–Trinajstić information content (AvgIpc) is 2.93. The summed E-state index contributed by atoms with van der Waals surface area (Å²) in [6, 6.07) is 11.6. The number of benzene rings is 2. The standard InChI is InChI=1S/C20H18N2O5/c1-3-27-20(26)13-8-10-14(11-9-13)21-17(23)12(2)22-18(24)15-6-4-5-7-16(15)19(22)25/h4-12H,3H2,1-2H3,(H,21,23)/t12-/m0/s1. The summed E-state index contributed by atoms with van der Waals surface area (Å²) < 4.78 is 4.90. The third-order valence-corrected chi connectivity index (χ3v) is 4.26. The highest BCUT2D eigenvalue weighted by molar-refractivity contribution is 6.23. The van der Waals surface area contributed by atoms with Crippen LogP contribution in [0.5, 0.6) is 0 Å². The van der Waals surface area contributed by atoms with Crippen molar-refractivity contribution >= 4 is 29.4 Å². The third kappa shape index (κ3) is 3.44. The molecule has 2 aromatic rings. The first-order valence-electron chi connectivity index (χ1n) is 8.49. The van der Waals surface area contributed by atoms with Gasteiger partial charge in [-0.1, -0.05) is 12.1 Å². The van der Waals surface area contributed by atoms with E-state index in [1.165, 1.54) is 19.1 Å². The Hall–Kier alpha value is -3.48. The molecule has 1 aliphatic rings.